The molecule has 1 heterocycles. The Morgan fingerprint density at radius 2 is 2.22 bits per heavy atom. The van der Waals surface area contributed by atoms with Crippen LogP contribution < -0.4 is 0 Å². The maximum absolute atomic E-state index is 13.1. The van der Waals surface area contributed by atoms with Crippen molar-refractivity contribution in [2.24, 2.45) is 0 Å². The SMILES string of the molecule is CC(F)Cc1ccccc1-c1cc(C(=O)O)no1. The van der Waals surface area contributed by atoms with Crippen molar-refractivity contribution in [1.29, 1.82) is 0 Å². The van der Waals surface area contributed by atoms with E-state index in [-0.39, 0.29) is 12.1 Å². The van der Waals surface area contributed by atoms with Crippen LogP contribution in [0.5, 0.6) is 0 Å². The molecule has 0 aliphatic rings. The maximum Gasteiger partial charge on any atom is 0.358 e. The molecule has 18 heavy (non-hydrogen) atoms. The van der Waals surface area contributed by atoms with E-state index in [0.29, 0.717) is 11.3 Å². The van der Waals surface area contributed by atoms with E-state index >= 15 is 0 Å². The van der Waals surface area contributed by atoms with Crippen molar-refractivity contribution in [1.82, 2.24) is 5.16 Å². The molecule has 94 valence electrons. The summed E-state index contributed by atoms with van der Waals surface area (Å²) in [5.41, 5.74) is 1.27. The van der Waals surface area contributed by atoms with Gasteiger partial charge in [-0.1, -0.05) is 29.4 Å². The van der Waals surface area contributed by atoms with Crippen LogP contribution >= 0.6 is 0 Å². The molecule has 1 aromatic carbocycles. The molecule has 0 aliphatic carbocycles. The molecule has 0 bridgehead atoms. The first-order valence-electron chi connectivity index (χ1n) is 5.50. The van der Waals surface area contributed by atoms with Crippen LogP contribution in [0.4, 0.5) is 4.39 Å². The molecule has 1 aromatic heterocycles. The van der Waals surface area contributed by atoms with Crippen molar-refractivity contribution in [3.05, 3.63) is 41.6 Å². The first-order valence-corrected chi connectivity index (χ1v) is 5.50. The van der Waals surface area contributed by atoms with Crippen molar-refractivity contribution in [3.63, 3.8) is 0 Å². The smallest absolute Gasteiger partial charge is 0.358 e. The van der Waals surface area contributed by atoms with Crippen LogP contribution in [0.2, 0.25) is 0 Å². The van der Waals surface area contributed by atoms with Gasteiger partial charge in [-0.15, -0.1) is 0 Å². The molecule has 0 amide bonds. The maximum atomic E-state index is 13.1. The number of hydrogen-bond donors (Lipinski definition) is 1. The zero-order valence-corrected chi connectivity index (χ0v) is 9.76. The Kier molecular flexibility index (Phi) is 3.41. The van der Waals surface area contributed by atoms with E-state index in [9.17, 15) is 9.18 Å². The Hall–Kier alpha value is -2.17. The van der Waals surface area contributed by atoms with Crippen LogP contribution in [0.25, 0.3) is 11.3 Å². The van der Waals surface area contributed by atoms with Gasteiger partial charge in [0.2, 0.25) is 0 Å². The number of aromatic nitrogens is 1. The number of hydrogen-bond acceptors (Lipinski definition) is 3. The van der Waals surface area contributed by atoms with Gasteiger partial charge in [0, 0.05) is 18.1 Å². The standard InChI is InChI=1S/C13H12FNO3/c1-8(14)6-9-4-2-3-5-10(9)12-7-11(13(16)17)15-18-12/h2-5,7-8H,6H2,1H3,(H,16,17). The lowest BCUT2D eigenvalue weighted by atomic mass is 10.0. The van der Waals surface area contributed by atoms with Crippen LogP contribution in [0, 0.1) is 0 Å². The fraction of sp³-hybridized carbons (Fsp3) is 0.231. The largest absolute Gasteiger partial charge is 0.476 e. The first-order chi connectivity index (χ1) is 8.58. The Bertz CT molecular complexity index is 563. The van der Waals surface area contributed by atoms with Crippen molar-refractivity contribution < 1.29 is 18.8 Å². The predicted octanol–water partition coefficient (Wildman–Crippen LogP) is 2.94. The third kappa shape index (κ3) is 2.56. The van der Waals surface area contributed by atoms with Crippen LogP contribution in [0.15, 0.2) is 34.9 Å². The first kappa shape index (κ1) is 12.3. The molecule has 2 aromatic rings. The Labute approximate surface area is 103 Å². The highest BCUT2D eigenvalue weighted by Crippen LogP contribution is 2.25. The summed E-state index contributed by atoms with van der Waals surface area (Å²) >= 11 is 0. The van der Waals surface area contributed by atoms with Crippen LogP contribution in [-0.2, 0) is 6.42 Å². The average Bonchev–Trinajstić information content (AvgIpc) is 2.78. The molecule has 1 N–H and O–H groups in total. The molecule has 0 fully saturated rings. The molecule has 1 atom stereocenters. The van der Waals surface area contributed by atoms with E-state index in [0.717, 1.165) is 5.56 Å². The summed E-state index contributed by atoms with van der Waals surface area (Å²) < 4.78 is 18.1. The highest BCUT2D eigenvalue weighted by Gasteiger charge is 2.15. The molecule has 2 rings (SSSR count). The molecule has 0 spiro atoms. The molecule has 5 heteroatoms. The zero-order chi connectivity index (χ0) is 13.1. The van der Waals surface area contributed by atoms with Gasteiger partial charge >= 0.3 is 5.97 Å². The lowest BCUT2D eigenvalue weighted by molar-refractivity contribution is 0.0686. The lowest BCUT2D eigenvalue weighted by Gasteiger charge is -2.06. The monoisotopic (exact) mass is 249 g/mol. The highest BCUT2D eigenvalue weighted by molar-refractivity contribution is 5.86. The third-order valence-electron chi connectivity index (χ3n) is 2.51. The molecular formula is C13H12FNO3. The summed E-state index contributed by atoms with van der Waals surface area (Å²) in [5.74, 6) is -0.815. The molecule has 0 saturated carbocycles. The van der Waals surface area contributed by atoms with E-state index in [4.69, 9.17) is 9.63 Å². The van der Waals surface area contributed by atoms with Gasteiger partial charge in [0.15, 0.2) is 11.5 Å². The van der Waals surface area contributed by atoms with Crippen LogP contribution in [0.1, 0.15) is 23.0 Å². The second-order valence-electron chi connectivity index (χ2n) is 4.02. The predicted molar refractivity (Wildman–Crippen MR) is 63.2 cm³/mol. The van der Waals surface area contributed by atoms with Crippen molar-refractivity contribution in [3.8, 4) is 11.3 Å². The highest BCUT2D eigenvalue weighted by atomic mass is 19.1. The van der Waals surface area contributed by atoms with Gasteiger partial charge < -0.3 is 9.63 Å². The number of halogens is 1. The number of alkyl halides is 1. The fourth-order valence-electron chi connectivity index (χ4n) is 1.74. The van der Waals surface area contributed by atoms with Crippen molar-refractivity contribution in [2.45, 2.75) is 19.5 Å². The lowest BCUT2D eigenvalue weighted by Crippen LogP contribution is -2.00. The molecule has 0 aliphatic heterocycles. The summed E-state index contributed by atoms with van der Waals surface area (Å²) in [6, 6.07) is 8.46. The number of carboxylic acid groups (broad SMARTS) is 1. The topological polar surface area (TPSA) is 63.3 Å². The van der Waals surface area contributed by atoms with E-state index in [1.165, 1.54) is 13.0 Å². The Morgan fingerprint density at radius 1 is 1.50 bits per heavy atom. The third-order valence-corrected chi connectivity index (χ3v) is 2.51. The van der Waals surface area contributed by atoms with Gasteiger partial charge in [-0.25, -0.2) is 9.18 Å². The Balaban J connectivity index is 2.39. The minimum absolute atomic E-state index is 0.159. The molecule has 0 radical (unpaired) electrons. The zero-order valence-electron chi connectivity index (χ0n) is 9.76. The van der Waals surface area contributed by atoms with Crippen LogP contribution in [0.3, 0.4) is 0 Å². The second-order valence-corrected chi connectivity index (χ2v) is 4.02. The van der Waals surface area contributed by atoms with Gasteiger partial charge in [0.1, 0.15) is 6.17 Å². The number of carboxylic acids is 1. The fourth-order valence-corrected chi connectivity index (χ4v) is 1.74. The molecule has 4 nitrogen and oxygen atoms in total. The van der Waals surface area contributed by atoms with Crippen molar-refractivity contribution in [2.75, 3.05) is 0 Å². The summed E-state index contributed by atoms with van der Waals surface area (Å²) in [5, 5.41) is 12.2. The minimum atomic E-state index is -1.15. The molecule has 1 unspecified atom stereocenters. The normalized spacial score (nSPS) is 12.3. The molecular weight excluding hydrogens is 237 g/mol. The molecule has 0 saturated heterocycles. The number of carbonyl (C=O) groups is 1. The summed E-state index contributed by atoms with van der Waals surface area (Å²) in [6.45, 7) is 1.47. The van der Waals surface area contributed by atoms with Gasteiger partial charge in [-0.05, 0) is 12.5 Å². The van der Waals surface area contributed by atoms with Gasteiger partial charge in [0.25, 0.3) is 0 Å². The number of benzene rings is 1. The van der Waals surface area contributed by atoms with E-state index in [1.807, 2.05) is 0 Å². The van der Waals surface area contributed by atoms with E-state index in [2.05, 4.69) is 5.16 Å². The number of rotatable bonds is 4. The number of aromatic carboxylic acids is 1. The van der Waals surface area contributed by atoms with E-state index in [1.54, 1.807) is 24.3 Å². The summed E-state index contributed by atoms with van der Waals surface area (Å²) in [7, 11) is 0. The van der Waals surface area contributed by atoms with Gasteiger partial charge in [-0.2, -0.15) is 0 Å². The minimum Gasteiger partial charge on any atom is -0.476 e. The van der Waals surface area contributed by atoms with E-state index < -0.39 is 12.1 Å². The summed E-state index contributed by atoms with van der Waals surface area (Å²) in [4.78, 5) is 10.7. The number of nitrogens with zero attached hydrogens (tertiary/aromatic N) is 1. The van der Waals surface area contributed by atoms with Crippen LogP contribution in [-0.4, -0.2) is 22.4 Å². The Morgan fingerprint density at radius 3 is 2.83 bits per heavy atom. The van der Waals surface area contributed by atoms with Gasteiger partial charge in [0.05, 0.1) is 0 Å². The quantitative estimate of drug-likeness (QED) is 0.904. The van der Waals surface area contributed by atoms with Crippen molar-refractivity contribution >= 4 is 5.97 Å². The second kappa shape index (κ2) is 5.00. The average molecular weight is 249 g/mol. The summed E-state index contributed by atoms with van der Waals surface area (Å²) in [6.07, 6.45) is -0.729. The van der Waals surface area contributed by atoms with Gasteiger partial charge in [-0.3, -0.25) is 0 Å².